The molecule has 2 aliphatic heterocycles. The van der Waals surface area contributed by atoms with Crippen LogP contribution in [0, 0.1) is 35.0 Å². The number of rotatable bonds is 3. The van der Waals surface area contributed by atoms with Crippen LogP contribution < -0.4 is 4.90 Å². The molecule has 2 aliphatic rings. The Labute approximate surface area is 187 Å². The van der Waals surface area contributed by atoms with Gasteiger partial charge in [0.2, 0.25) is 11.2 Å². The topological polar surface area (TPSA) is 69.1 Å². The van der Waals surface area contributed by atoms with Gasteiger partial charge in [-0.1, -0.05) is 84.4 Å². The molecular weight excluding hydrogens is 394 g/mol. The average Bonchev–Trinajstić information content (AvgIpc) is 3.15. The van der Waals surface area contributed by atoms with Crippen LogP contribution >= 0.6 is 0 Å². The van der Waals surface area contributed by atoms with Gasteiger partial charge in [-0.25, -0.2) is 0 Å². The van der Waals surface area contributed by atoms with E-state index in [2.05, 4.69) is 12.1 Å². The van der Waals surface area contributed by atoms with Gasteiger partial charge in [-0.15, -0.1) is 0 Å². The van der Waals surface area contributed by atoms with E-state index >= 15 is 0 Å². The summed E-state index contributed by atoms with van der Waals surface area (Å²) < 4.78 is 0. The fourth-order valence-electron chi connectivity index (χ4n) is 5.42. The van der Waals surface area contributed by atoms with E-state index in [1.54, 1.807) is 0 Å². The number of nitrogens with one attached hydrogen (secondary N) is 1. The number of ketones is 1. The number of carbonyl (C=O) groups excluding carboxylic acids is 1. The molecule has 0 spiro atoms. The molecule has 0 aliphatic carbocycles. The Hall–Kier alpha value is -3.99. The number of quaternary nitrogens is 1. The minimum absolute atomic E-state index is 0.0461. The van der Waals surface area contributed by atoms with Crippen LogP contribution in [0.25, 0.3) is 6.08 Å². The van der Waals surface area contributed by atoms with Crippen LogP contribution in [-0.2, 0) is 0 Å². The van der Waals surface area contributed by atoms with Gasteiger partial charge < -0.3 is 0 Å². The number of benzene rings is 3. The predicted octanol–water partition coefficient (Wildman–Crippen LogP) is 3.99. The number of hydrogen-bond donors (Lipinski definition) is 1. The Morgan fingerprint density at radius 1 is 0.906 bits per heavy atom. The summed E-state index contributed by atoms with van der Waals surface area (Å²) in [5.41, 5.74) is 3.07. The van der Waals surface area contributed by atoms with E-state index in [-0.39, 0.29) is 5.78 Å². The SMILES string of the molecule is Cc1ccc(C(=O)[C@H]2[C@H](c3ccccc3)C(C#N)(C#N)[C@@H]3c4ccccc4C=C[NH+]32)cc1. The van der Waals surface area contributed by atoms with Crippen molar-refractivity contribution in [3.63, 3.8) is 0 Å². The monoisotopic (exact) mass is 416 g/mol. The lowest BCUT2D eigenvalue weighted by Gasteiger charge is -2.29. The average molecular weight is 417 g/mol. The van der Waals surface area contributed by atoms with Crippen LogP contribution in [0.15, 0.2) is 85.1 Å². The van der Waals surface area contributed by atoms with Gasteiger partial charge in [0.1, 0.15) is 0 Å². The van der Waals surface area contributed by atoms with E-state index < -0.39 is 23.4 Å². The molecular formula is C28H22N3O+. The zero-order chi connectivity index (χ0) is 22.3. The maximum atomic E-state index is 14.0. The van der Waals surface area contributed by atoms with Crippen LogP contribution in [-0.4, -0.2) is 11.8 Å². The van der Waals surface area contributed by atoms with Gasteiger partial charge in [-0.3, -0.25) is 9.69 Å². The third-order valence-electron chi connectivity index (χ3n) is 6.88. The van der Waals surface area contributed by atoms with E-state index in [0.29, 0.717) is 5.56 Å². The molecule has 0 aromatic heterocycles. The van der Waals surface area contributed by atoms with Crippen LogP contribution in [0.2, 0.25) is 0 Å². The number of aryl methyl sites for hydroxylation is 1. The Bertz CT molecular complexity index is 1280. The predicted molar refractivity (Wildman–Crippen MR) is 121 cm³/mol. The third kappa shape index (κ3) is 2.82. The van der Waals surface area contributed by atoms with Gasteiger partial charge in [0, 0.05) is 11.1 Å². The summed E-state index contributed by atoms with van der Waals surface area (Å²) in [6.07, 6.45) is 3.97. The van der Waals surface area contributed by atoms with E-state index in [0.717, 1.165) is 27.2 Å². The van der Waals surface area contributed by atoms with Crippen molar-refractivity contribution in [3.8, 4) is 12.1 Å². The molecule has 1 saturated heterocycles. The van der Waals surface area contributed by atoms with E-state index in [1.807, 2.05) is 98.1 Å². The second-order valence-electron chi connectivity index (χ2n) is 8.58. The number of nitrogens with zero attached hydrogens (tertiary/aromatic N) is 2. The molecule has 3 aromatic rings. The van der Waals surface area contributed by atoms with Crippen molar-refractivity contribution in [3.05, 3.63) is 113 Å². The van der Waals surface area contributed by atoms with Crippen LogP contribution in [0.4, 0.5) is 0 Å². The minimum atomic E-state index is -1.39. The van der Waals surface area contributed by atoms with Crippen LogP contribution in [0.3, 0.4) is 0 Å². The molecule has 0 amide bonds. The zero-order valence-electron chi connectivity index (χ0n) is 17.7. The molecule has 0 radical (unpaired) electrons. The van der Waals surface area contributed by atoms with Crippen molar-refractivity contribution < 1.29 is 9.69 Å². The van der Waals surface area contributed by atoms with Gasteiger partial charge in [0.15, 0.2) is 12.1 Å². The highest BCUT2D eigenvalue weighted by atomic mass is 16.1. The first-order valence-electron chi connectivity index (χ1n) is 10.7. The summed E-state index contributed by atoms with van der Waals surface area (Å²) >= 11 is 0. The molecule has 3 aromatic carbocycles. The highest BCUT2D eigenvalue weighted by molar-refractivity contribution is 6.00. The zero-order valence-corrected chi connectivity index (χ0v) is 17.7. The number of nitriles is 2. The van der Waals surface area contributed by atoms with E-state index in [1.165, 1.54) is 0 Å². The standard InChI is InChI=1S/C28H21N3O/c1-19-11-13-22(14-12-19)26(32)25-24(21-8-3-2-4-9-21)28(17-29,18-30)27-23-10-6-5-7-20(23)15-16-31(25)27/h2-16,24-25,27H,1H3/p+1/t24-,25+,27-/m0/s1. The Kier molecular flexibility index (Phi) is 4.74. The maximum Gasteiger partial charge on any atom is 0.221 e. The Morgan fingerprint density at radius 3 is 2.25 bits per heavy atom. The Morgan fingerprint density at radius 2 is 1.56 bits per heavy atom. The normalized spacial score (nSPS) is 24.6. The van der Waals surface area contributed by atoms with Crippen molar-refractivity contribution in [1.29, 1.82) is 10.5 Å². The second-order valence-corrected chi connectivity index (χ2v) is 8.58. The molecule has 4 heteroatoms. The molecule has 1 fully saturated rings. The molecule has 0 bridgehead atoms. The largest absolute Gasteiger partial charge is 0.291 e. The van der Waals surface area contributed by atoms with Crippen molar-refractivity contribution in [2.24, 2.45) is 5.41 Å². The summed E-state index contributed by atoms with van der Waals surface area (Å²) in [7, 11) is 0. The summed E-state index contributed by atoms with van der Waals surface area (Å²) in [5, 5.41) is 21.0. The first-order chi connectivity index (χ1) is 15.6. The van der Waals surface area contributed by atoms with Gasteiger partial charge in [-0.05, 0) is 24.1 Å². The highest BCUT2D eigenvalue weighted by Crippen LogP contribution is 2.51. The lowest BCUT2D eigenvalue weighted by molar-refractivity contribution is -0.885. The fourth-order valence-corrected chi connectivity index (χ4v) is 5.42. The van der Waals surface area contributed by atoms with Crippen molar-refractivity contribution >= 4 is 11.9 Å². The van der Waals surface area contributed by atoms with Crippen LogP contribution in [0.1, 0.15) is 44.6 Å². The van der Waals surface area contributed by atoms with E-state index in [4.69, 9.17) is 0 Å². The molecule has 0 saturated carbocycles. The smallest absolute Gasteiger partial charge is 0.221 e. The molecule has 1 unspecified atom stereocenters. The second kappa shape index (κ2) is 7.61. The molecule has 4 atom stereocenters. The highest BCUT2D eigenvalue weighted by Gasteiger charge is 2.67. The van der Waals surface area contributed by atoms with Gasteiger partial charge in [0.25, 0.3) is 0 Å². The van der Waals surface area contributed by atoms with Crippen molar-refractivity contribution in [1.82, 2.24) is 0 Å². The first kappa shape index (κ1) is 19.9. The van der Waals surface area contributed by atoms with Crippen molar-refractivity contribution in [2.75, 3.05) is 0 Å². The lowest BCUT2D eigenvalue weighted by Crippen LogP contribution is -3.11. The minimum Gasteiger partial charge on any atom is -0.291 e. The molecule has 32 heavy (non-hydrogen) atoms. The number of Topliss-reactive ketones (excluding diaryl/α,β-unsaturated/α-hetero) is 1. The molecule has 2 heterocycles. The molecule has 5 rings (SSSR count). The summed E-state index contributed by atoms with van der Waals surface area (Å²) in [6, 6.07) is 28.7. The maximum absolute atomic E-state index is 14.0. The van der Waals surface area contributed by atoms with Gasteiger partial charge >= 0.3 is 0 Å². The van der Waals surface area contributed by atoms with Gasteiger partial charge in [-0.2, -0.15) is 10.5 Å². The molecule has 154 valence electrons. The van der Waals surface area contributed by atoms with Gasteiger partial charge in [0.05, 0.1) is 24.3 Å². The lowest BCUT2D eigenvalue weighted by atomic mass is 9.67. The third-order valence-corrected chi connectivity index (χ3v) is 6.88. The first-order valence-corrected chi connectivity index (χ1v) is 10.7. The quantitative estimate of drug-likeness (QED) is 0.657. The van der Waals surface area contributed by atoms with Crippen molar-refractivity contribution in [2.45, 2.75) is 24.9 Å². The number of hydrogen-bond acceptors (Lipinski definition) is 3. The summed E-state index contributed by atoms with van der Waals surface area (Å²) in [6.45, 7) is 1.98. The number of carbonyl (C=O) groups is 1. The fraction of sp³-hybridized carbons (Fsp3) is 0.179. The van der Waals surface area contributed by atoms with E-state index in [9.17, 15) is 15.3 Å². The Balaban J connectivity index is 1.76. The van der Waals surface area contributed by atoms with Crippen LogP contribution in [0.5, 0.6) is 0 Å². The number of fused-ring (bicyclic) bond motifs is 3. The molecule has 4 nitrogen and oxygen atoms in total. The molecule has 1 N–H and O–H groups in total. The summed E-state index contributed by atoms with van der Waals surface area (Å²) in [5.74, 6) is -0.612. The summed E-state index contributed by atoms with van der Waals surface area (Å²) in [4.78, 5) is 14.8.